The van der Waals surface area contributed by atoms with E-state index in [2.05, 4.69) is 11.6 Å². The van der Waals surface area contributed by atoms with Crippen LogP contribution in [0.3, 0.4) is 0 Å². The third-order valence-corrected chi connectivity index (χ3v) is 5.56. The number of sulfonamides is 1. The summed E-state index contributed by atoms with van der Waals surface area (Å²) >= 11 is 0. The molecule has 1 aliphatic heterocycles. The second kappa shape index (κ2) is 5.09. The van der Waals surface area contributed by atoms with Crippen LogP contribution in [-0.4, -0.2) is 23.7 Å². The van der Waals surface area contributed by atoms with Crippen LogP contribution < -0.4 is 0 Å². The van der Waals surface area contributed by atoms with E-state index in [1.807, 2.05) is 19.1 Å². The normalized spacial score (nSPS) is 24.5. The zero-order valence-electron chi connectivity index (χ0n) is 11.7. The Bertz CT molecular complexity index is 755. The SMILES string of the molecule is C=CC1C(c2cccnc2)N1S(=O)(=O)c1ccc(C)cc1. The van der Waals surface area contributed by atoms with E-state index in [1.165, 1.54) is 4.31 Å². The molecule has 1 aromatic carbocycles. The smallest absolute Gasteiger partial charge is 0.244 e. The molecule has 3 atom stereocenters. The average Bonchev–Trinajstić information content (AvgIpc) is 3.24. The van der Waals surface area contributed by atoms with Crippen LogP contribution in [0.25, 0.3) is 0 Å². The molecule has 0 radical (unpaired) electrons. The summed E-state index contributed by atoms with van der Waals surface area (Å²) in [6, 6.07) is 10.2. The summed E-state index contributed by atoms with van der Waals surface area (Å²) in [5.41, 5.74) is 1.92. The van der Waals surface area contributed by atoms with Crippen LogP contribution in [-0.2, 0) is 10.0 Å². The lowest BCUT2D eigenvalue weighted by Gasteiger charge is -2.07. The van der Waals surface area contributed by atoms with E-state index in [0.717, 1.165) is 11.1 Å². The van der Waals surface area contributed by atoms with Gasteiger partial charge in [-0.2, -0.15) is 4.31 Å². The second-order valence-corrected chi connectivity index (χ2v) is 6.95. The molecule has 1 saturated heterocycles. The van der Waals surface area contributed by atoms with Gasteiger partial charge in [-0.05, 0) is 30.7 Å². The monoisotopic (exact) mass is 300 g/mol. The Labute approximate surface area is 124 Å². The summed E-state index contributed by atoms with van der Waals surface area (Å²) in [4.78, 5) is 4.37. The van der Waals surface area contributed by atoms with Crippen molar-refractivity contribution in [2.24, 2.45) is 0 Å². The summed E-state index contributed by atoms with van der Waals surface area (Å²) in [5, 5.41) is 0. The third-order valence-electron chi connectivity index (χ3n) is 3.67. The molecule has 1 fully saturated rings. The molecule has 0 N–H and O–H groups in total. The fraction of sp³-hybridized carbons (Fsp3) is 0.188. The Hall–Kier alpha value is -1.98. The standard InChI is InChI=1S/C16H16N2O2S/c1-3-15-16(13-5-4-10-17-11-13)18(15)21(19,20)14-8-6-12(2)7-9-14/h3-11,15-16H,1H2,2H3. The topological polar surface area (TPSA) is 50.0 Å². The Morgan fingerprint density at radius 2 is 1.95 bits per heavy atom. The van der Waals surface area contributed by atoms with Crippen LogP contribution in [0.4, 0.5) is 0 Å². The van der Waals surface area contributed by atoms with E-state index in [4.69, 9.17) is 0 Å². The quantitative estimate of drug-likeness (QED) is 0.644. The van der Waals surface area contributed by atoms with Crippen molar-refractivity contribution in [2.45, 2.75) is 23.9 Å². The lowest BCUT2D eigenvalue weighted by Crippen LogP contribution is -2.14. The molecule has 3 rings (SSSR count). The van der Waals surface area contributed by atoms with Gasteiger partial charge in [-0.3, -0.25) is 4.98 Å². The largest absolute Gasteiger partial charge is 0.264 e. The van der Waals surface area contributed by atoms with E-state index in [-0.39, 0.29) is 12.1 Å². The minimum absolute atomic E-state index is 0.206. The summed E-state index contributed by atoms with van der Waals surface area (Å²) in [6.45, 7) is 5.67. The van der Waals surface area contributed by atoms with Crippen molar-refractivity contribution < 1.29 is 8.42 Å². The first-order valence-electron chi connectivity index (χ1n) is 6.68. The maximum Gasteiger partial charge on any atom is 0.244 e. The maximum absolute atomic E-state index is 12.7. The Morgan fingerprint density at radius 3 is 2.52 bits per heavy atom. The summed E-state index contributed by atoms with van der Waals surface area (Å²) in [6.07, 6.45) is 5.04. The number of nitrogens with zero attached hydrogens (tertiary/aromatic N) is 2. The molecule has 4 nitrogen and oxygen atoms in total. The van der Waals surface area contributed by atoms with E-state index >= 15 is 0 Å². The molecule has 3 unspecified atom stereocenters. The first-order valence-corrected chi connectivity index (χ1v) is 8.12. The molecular weight excluding hydrogens is 284 g/mol. The Balaban J connectivity index is 1.96. The van der Waals surface area contributed by atoms with Gasteiger partial charge in [0.05, 0.1) is 17.0 Å². The second-order valence-electron chi connectivity index (χ2n) is 5.11. The number of aryl methyl sites for hydroxylation is 1. The molecule has 0 bridgehead atoms. The minimum atomic E-state index is -3.51. The first kappa shape index (κ1) is 14.0. The van der Waals surface area contributed by atoms with Crippen LogP contribution in [0, 0.1) is 6.92 Å². The van der Waals surface area contributed by atoms with E-state index < -0.39 is 10.0 Å². The van der Waals surface area contributed by atoms with Gasteiger partial charge >= 0.3 is 0 Å². The number of pyridine rings is 1. The highest BCUT2D eigenvalue weighted by molar-refractivity contribution is 7.89. The number of hydrogen-bond acceptors (Lipinski definition) is 3. The van der Waals surface area contributed by atoms with Crippen LogP contribution in [0.5, 0.6) is 0 Å². The lowest BCUT2D eigenvalue weighted by atomic mass is 10.1. The predicted molar refractivity (Wildman–Crippen MR) is 81.2 cm³/mol. The molecule has 2 heterocycles. The molecule has 0 aliphatic carbocycles. The first-order chi connectivity index (χ1) is 10.1. The highest BCUT2D eigenvalue weighted by Crippen LogP contribution is 2.47. The molecule has 21 heavy (non-hydrogen) atoms. The van der Waals surface area contributed by atoms with Crippen molar-refractivity contribution in [3.8, 4) is 0 Å². The molecule has 1 aliphatic rings. The van der Waals surface area contributed by atoms with E-state index in [0.29, 0.717) is 4.90 Å². The van der Waals surface area contributed by atoms with Gasteiger partial charge in [0.1, 0.15) is 0 Å². The minimum Gasteiger partial charge on any atom is -0.264 e. The van der Waals surface area contributed by atoms with Crippen LogP contribution >= 0.6 is 0 Å². The van der Waals surface area contributed by atoms with Gasteiger partial charge < -0.3 is 0 Å². The maximum atomic E-state index is 12.7. The molecule has 1 aromatic heterocycles. The van der Waals surface area contributed by atoms with Crippen LogP contribution in [0.15, 0.2) is 66.3 Å². The van der Waals surface area contributed by atoms with Crippen molar-refractivity contribution in [2.75, 3.05) is 0 Å². The fourth-order valence-electron chi connectivity index (χ4n) is 2.50. The molecule has 0 amide bonds. The van der Waals surface area contributed by atoms with Crippen LogP contribution in [0.2, 0.25) is 0 Å². The molecule has 0 saturated carbocycles. The highest BCUT2D eigenvalue weighted by Gasteiger charge is 2.54. The summed E-state index contributed by atoms with van der Waals surface area (Å²) < 4.78 is 26.9. The van der Waals surface area contributed by atoms with Gasteiger partial charge in [-0.1, -0.05) is 29.8 Å². The van der Waals surface area contributed by atoms with Crippen molar-refractivity contribution in [3.63, 3.8) is 0 Å². The van der Waals surface area contributed by atoms with Crippen molar-refractivity contribution in [1.29, 1.82) is 0 Å². The number of benzene rings is 1. The summed E-state index contributed by atoms with van der Waals surface area (Å²) in [5.74, 6) is 0. The van der Waals surface area contributed by atoms with Crippen molar-refractivity contribution in [3.05, 3.63) is 72.6 Å². The van der Waals surface area contributed by atoms with Gasteiger partial charge in [-0.25, -0.2) is 8.42 Å². The average molecular weight is 300 g/mol. The molecule has 108 valence electrons. The fourth-order valence-corrected chi connectivity index (χ4v) is 4.23. The number of aromatic nitrogens is 1. The molecule has 0 spiro atoms. The molecule has 2 aromatic rings. The summed E-state index contributed by atoms with van der Waals surface area (Å²) in [7, 11) is -3.51. The lowest BCUT2D eigenvalue weighted by molar-refractivity contribution is 0.550. The molecular formula is C16H16N2O2S. The van der Waals surface area contributed by atoms with Crippen LogP contribution in [0.1, 0.15) is 17.2 Å². The Kier molecular flexibility index (Phi) is 3.39. The molecule has 5 heteroatoms. The Morgan fingerprint density at radius 1 is 1.24 bits per heavy atom. The van der Waals surface area contributed by atoms with Gasteiger partial charge in [0.25, 0.3) is 0 Å². The van der Waals surface area contributed by atoms with E-state index in [1.54, 1.807) is 42.7 Å². The van der Waals surface area contributed by atoms with Gasteiger partial charge in [0, 0.05) is 12.4 Å². The zero-order chi connectivity index (χ0) is 15.0. The zero-order valence-corrected chi connectivity index (χ0v) is 12.5. The van der Waals surface area contributed by atoms with Gasteiger partial charge in [0.15, 0.2) is 0 Å². The predicted octanol–water partition coefficient (Wildman–Crippen LogP) is 2.69. The number of rotatable bonds is 4. The third kappa shape index (κ3) is 2.39. The van der Waals surface area contributed by atoms with Crippen molar-refractivity contribution >= 4 is 10.0 Å². The highest BCUT2D eigenvalue weighted by atomic mass is 32.2. The number of hydrogen-bond donors (Lipinski definition) is 0. The van der Waals surface area contributed by atoms with E-state index in [9.17, 15) is 8.42 Å². The van der Waals surface area contributed by atoms with Crippen molar-refractivity contribution in [1.82, 2.24) is 9.29 Å². The van der Waals surface area contributed by atoms with Gasteiger partial charge in [-0.15, -0.1) is 6.58 Å². The van der Waals surface area contributed by atoms with Gasteiger partial charge in [0.2, 0.25) is 10.0 Å².